The highest BCUT2D eigenvalue weighted by Gasteiger charge is 2.25. The van der Waals surface area contributed by atoms with Crippen molar-refractivity contribution in [3.63, 3.8) is 0 Å². The standard InChI is InChI=1S/C26H31N5O2/c1-19-25(28-33-27-19)18-29(2)23-12-15-30(16-13-23)24-9-7-21(8-10-24)26(32)31-14-11-20-5-3-4-6-22(20)17-31/h3-10,23H,11-18H2,1-2H3. The Bertz CT molecular complexity index is 1100. The Labute approximate surface area is 194 Å². The summed E-state index contributed by atoms with van der Waals surface area (Å²) < 4.78 is 4.83. The van der Waals surface area contributed by atoms with Gasteiger partial charge in [0.15, 0.2) is 0 Å². The number of anilines is 1. The number of benzene rings is 2. The molecule has 7 heteroatoms. The zero-order valence-electron chi connectivity index (χ0n) is 19.4. The van der Waals surface area contributed by atoms with Gasteiger partial charge in [-0.25, -0.2) is 4.63 Å². The van der Waals surface area contributed by atoms with Gasteiger partial charge < -0.3 is 9.80 Å². The lowest BCUT2D eigenvalue weighted by molar-refractivity contribution is 0.0734. The number of aromatic nitrogens is 2. The molecule has 0 N–H and O–H groups in total. The fraction of sp³-hybridized carbons (Fsp3) is 0.423. The van der Waals surface area contributed by atoms with Crippen LogP contribution < -0.4 is 4.90 Å². The maximum Gasteiger partial charge on any atom is 0.254 e. The topological polar surface area (TPSA) is 65.7 Å². The number of piperidine rings is 1. The van der Waals surface area contributed by atoms with Crippen molar-refractivity contribution >= 4 is 11.6 Å². The third kappa shape index (κ3) is 4.64. The second kappa shape index (κ2) is 9.35. The molecule has 1 amide bonds. The van der Waals surface area contributed by atoms with E-state index in [1.54, 1.807) is 0 Å². The van der Waals surface area contributed by atoms with E-state index < -0.39 is 0 Å². The van der Waals surface area contributed by atoms with Crippen LogP contribution in [0.25, 0.3) is 0 Å². The smallest absolute Gasteiger partial charge is 0.254 e. The van der Waals surface area contributed by atoms with Crippen LogP contribution in [0.3, 0.4) is 0 Å². The number of carbonyl (C=O) groups excluding carboxylic acids is 1. The summed E-state index contributed by atoms with van der Waals surface area (Å²) in [5.41, 5.74) is 6.35. The number of carbonyl (C=O) groups is 1. The summed E-state index contributed by atoms with van der Waals surface area (Å²) >= 11 is 0. The summed E-state index contributed by atoms with van der Waals surface area (Å²) in [5, 5.41) is 7.89. The second-order valence-electron chi connectivity index (χ2n) is 9.22. The highest BCUT2D eigenvalue weighted by molar-refractivity contribution is 5.94. The molecule has 0 bridgehead atoms. The van der Waals surface area contributed by atoms with E-state index >= 15 is 0 Å². The zero-order chi connectivity index (χ0) is 22.8. The zero-order valence-corrected chi connectivity index (χ0v) is 19.4. The first kappa shape index (κ1) is 21.6. The monoisotopic (exact) mass is 445 g/mol. The van der Waals surface area contributed by atoms with Crippen LogP contribution >= 0.6 is 0 Å². The summed E-state index contributed by atoms with van der Waals surface area (Å²) in [7, 11) is 2.15. The van der Waals surface area contributed by atoms with Gasteiger partial charge in [0.05, 0.1) is 0 Å². The van der Waals surface area contributed by atoms with Gasteiger partial charge in [-0.3, -0.25) is 9.69 Å². The molecule has 1 fully saturated rings. The highest BCUT2D eigenvalue weighted by Crippen LogP contribution is 2.25. The van der Waals surface area contributed by atoms with Crippen LogP contribution in [-0.2, 0) is 19.5 Å². The molecule has 172 valence electrons. The van der Waals surface area contributed by atoms with E-state index in [4.69, 9.17) is 4.63 Å². The Hall–Kier alpha value is -3.19. The molecule has 0 aliphatic carbocycles. The normalized spacial score (nSPS) is 16.8. The van der Waals surface area contributed by atoms with Crippen LogP contribution in [-0.4, -0.2) is 58.7 Å². The first-order chi connectivity index (χ1) is 16.1. The number of amides is 1. The fourth-order valence-corrected chi connectivity index (χ4v) is 4.99. The quantitative estimate of drug-likeness (QED) is 0.597. The molecule has 0 radical (unpaired) electrons. The third-order valence-electron chi connectivity index (χ3n) is 7.13. The molecule has 0 unspecified atom stereocenters. The van der Waals surface area contributed by atoms with Gasteiger partial charge >= 0.3 is 0 Å². The van der Waals surface area contributed by atoms with Crippen LogP contribution in [0.2, 0.25) is 0 Å². The van der Waals surface area contributed by atoms with Crippen molar-refractivity contribution < 1.29 is 9.42 Å². The summed E-state index contributed by atoms with van der Waals surface area (Å²) in [4.78, 5) is 19.8. The number of fused-ring (bicyclic) bond motifs is 1. The molecule has 2 aliphatic heterocycles. The molecule has 1 saturated heterocycles. The molecule has 7 nitrogen and oxygen atoms in total. The number of nitrogens with zero attached hydrogens (tertiary/aromatic N) is 5. The van der Waals surface area contributed by atoms with Crippen LogP contribution in [0.15, 0.2) is 53.2 Å². The molecule has 3 aromatic rings. The molecule has 0 spiro atoms. The van der Waals surface area contributed by atoms with E-state index in [9.17, 15) is 4.79 Å². The van der Waals surface area contributed by atoms with E-state index in [1.807, 2.05) is 24.0 Å². The summed E-state index contributed by atoms with van der Waals surface area (Å²) in [6.45, 7) is 6.17. The predicted octanol–water partition coefficient (Wildman–Crippen LogP) is 3.68. The molecule has 0 saturated carbocycles. The Balaban J connectivity index is 1.16. The Kier molecular flexibility index (Phi) is 6.13. The summed E-state index contributed by atoms with van der Waals surface area (Å²) in [5.74, 6) is 0.119. The Morgan fingerprint density at radius 3 is 2.45 bits per heavy atom. The maximum atomic E-state index is 13.1. The van der Waals surface area contributed by atoms with Crippen molar-refractivity contribution in [2.45, 2.75) is 45.3 Å². The first-order valence-corrected chi connectivity index (χ1v) is 11.8. The minimum Gasteiger partial charge on any atom is -0.371 e. The average Bonchev–Trinajstić information content (AvgIpc) is 3.27. The fourth-order valence-electron chi connectivity index (χ4n) is 4.99. The largest absolute Gasteiger partial charge is 0.371 e. The van der Waals surface area contributed by atoms with Crippen LogP contribution in [0.5, 0.6) is 0 Å². The maximum absolute atomic E-state index is 13.1. The van der Waals surface area contributed by atoms with Crippen molar-refractivity contribution in [2.24, 2.45) is 0 Å². The lowest BCUT2D eigenvalue weighted by Crippen LogP contribution is -2.43. The van der Waals surface area contributed by atoms with Gasteiger partial charge in [-0.2, -0.15) is 0 Å². The van der Waals surface area contributed by atoms with E-state index in [2.05, 4.69) is 63.6 Å². The molecule has 2 aliphatic rings. The van der Waals surface area contributed by atoms with Crippen LogP contribution in [0.1, 0.15) is 45.7 Å². The molecule has 3 heterocycles. The molecule has 1 aromatic heterocycles. The molecular weight excluding hydrogens is 414 g/mol. The van der Waals surface area contributed by atoms with E-state index in [0.717, 1.165) is 62.4 Å². The average molecular weight is 446 g/mol. The number of aryl methyl sites for hydroxylation is 1. The van der Waals surface area contributed by atoms with Gasteiger partial charge in [-0.1, -0.05) is 34.6 Å². The highest BCUT2D eigenvalue weighted by atomic mass is 16.6. The molecule has 0 atom stereocenters. The first-order valence-electron chi connectivity index (χ1n) is 11.8. The van der Waals surface area contributed by atoms with Gasteiger partial charge in [-0.05, 0) is 68.6 Å². The van der Waals surface area contributed by atoms with Crippen LogP contribution in [0.4, 0.5) is 5.69 Å². The van der Waals surface area contributed by atoms with Gasteiger partial charge in [0.25, 0.3) is 5.91 Å². The van der Waals surface area contributed by atoms with Crippen molar-refractivity contribution in [3.8, 4) is 0 Å². The Morgan fingerprint density at radius 1 is 1.03 bits per heavy atom. The molecule has 2 aromatic carbocycles. The van der Waals surface area contributed by atoms with Crippen LogP contribution in [0, 0.1) is 6.92 Å². The van der Waals surface area contributed by atoms with Crippen molar-refractivity contribution in [3.05, 3.63) is 76.6 Å². The van der Waals surface area contributed by atoms with Crippen molar-refractivity contribution in [2.75, 3.05) is 31.6 Å². The minimum atomic E-state index is 0.119. The summed E-state index contributed by atoms with van der Waals surface area (Å²) in [6, 6.07) is 17.1. The lowest BCUT2D eigenvalue weighted by atomic mass is 9.99. The van der Waals surface area contributed by atoms with E-state index in [-0.39, 0.29) is 5.91 Å². The molecular formula is C26H31N5O2. The number of hydrogen-bond acceptors (Lipinski definition) is 6. The van der Waals surface area contributed by atoms with Gasteiger partial charge in [0, 0.05) is 50.0 Å². The van der Waals surface area contributed by atoms with Crippen molar-refractivity contribution in [1.82, 2.24) is 20.1 Å². The number of rotatable bonds is 5. The molecule has 33 heavy (non-hydrogen) atoms. The second-order valence-corrected chi connectivity index (χ2v) is 9.22. The predicted molar refractivity (Wildman–Crippen MR) is 127 cm³/mol. The van der Waals surface area contributed by atoms with E-state index in [0.29, 0.717) is 12.6 Å². The molecule has 5 rings (SSSR count). The van der Waals surface area contributed by atoms with Gasteiger partial charge in [0.1, 0.15) is 11.4 Å². The van der Waals surface area contributed by atoms with E-state index in [1.165, 1.54) is 16.8 Å². The van der Waals surface area contributed by atoms with Gasteiger partial charge in [-0.15, -0.1) is 0 Å². The number of hydrogen-bond donors (Lipinski definition) is 0. The van der Waals surface area contributed by atoms with Gasteiger partial charge in [0.2, 0.25) is 0 Å². The Morgan fingerprint density at radius 2 is 1.76 bits per heavy atom. The minimum absolute atomic E-state index is 0.119. The summed E-state index contributed by atoms with van der Waals surface area (Å²) in [6.07, 6.45) is 3.11. The third-order valence-corrected chi connectivity index (χ3v) is 7.13. The SMILES string of the molecule is Cc1nonc1CN(C)C1CCN(c2ccc(C(=O)N3CCc4ccccc4C3)cc2)CC1. The van der Waals surface area contributed by atoms with Crippen molar-refractivity contribution in [1.29, 1.82) is 0 Å². The lowest BCUT2D eigenvalue weighted by Gasteiger charge is -2.37.